The van der Waals surface area contributed by atoms with Gasteiger partial charge < -0.3 is 25.3 Å². The van der Waals surface area contributed by atoms with E-state index in [0.717, 1.165) is 11.3 Å². The third-order valence-corrected chi connectivity index (χ3v) is 2.75. The first kappa shape index (κ1) is 17.6. The van der Waals surface area contributed by atoms with Crippen LogP contribution >= 0.6 is 0 Å². The molecule has 0 aliphatic carbocycles. The lowest BCUT2D eigenvalue weighted by atomic mass is 10.2. The largest absolute Gasteiger partial charge is 0.382 e. The number of nitrogens with one attached hydrogen (secondary N) is 1. The summed E-state index contributed by atoms with van der Waals surface area (Å²) in [6, 6.07) is 7.46. The number of hydrogen-bond acceptors (Lipinski definition) is 5. The first-order chi connectivity index (χ1) is 10.3. The van der Waals surface area contributed by atoms with E-state index in [0.29, 0.717) is 46.0 Å². The maximum absolute atomic E-state index is 11.7. The molecule has 0 saturated heterocycles. The van der Waals surface area contributed by atoms with Crippen LogP contribution in [0.25, 0.3) is 0 Å². The predicted molar refractivity (Wildman–Crippen MR) is 81.1 cm³/mol. The Bertz CT molecular complexity index is 395. The van der Waals surface area contributed by atoms with Crippen LogP contribution in [-0.4, -0.2) is 46.1 Å². The summed E-state index contributed by atoms with van der Waals surface area (Å²) in [6.45, 7) is 2.98. The van der Waals surface area contributed by atoms with Crippen LogP contribution in [0.15, 0.2) is 24.3 Å². The molecule has 0 spiro atoms. The van der Waals surface area contributed by atoms with Gasteiger partial charge in [0.25, 0.3) is 0 Å². The van der Waals surface area contributed by atoms with Crippen LogP contribution < -0.4 is 11.1 Å². The number of nitrogens with two attached hydrogens (primary N) is 1. The van der Waals surface area contributed by atoms with E-state index in [9.17, 15) is 4.79 Å². The average molecular weight is 296 g/mol. The Kier molecular flexibility index (Phi) is 9.39. The summed E-state index contributed by atoms with van der Waals surface area (Å²) in [5.41, 5.74) is 7.31. The second-order valence-corrected chi connectivity index (χ2v) is 4.42. The van der Waals surface area contributed by atoms with Gasteiger partial charge in [0.05, 0.1) is 39.5 Å². The molecular weight excluding hydrogens is 272 g/mol. The minimum Gasteiger partial charge on any atom is -0.382 e. The highest BCUT2D eigenvalue weighted by Crippen LogP contribution is 2.09. The van der Waals surface area contributed by atoms with Gasteiger partial charge in [0.15, 0.2) is 0 Å². The minimum atomic E-state index is -0.0733. The molecule has 6 heteroatoms. The molecule has 21 heavy (non-hydrogen) atoms. The normalized spacial score (nSPS) is 10.6. The Morgan fingerprint density at radius 3 is 2.29 bits per heavy atom. The standard InChI is InChI=1S/C15H24N2O4/c1-19-8-9-21-11-10-20-7-6-15(18)17-14-4-2-13(12-16)3-5-14/h2-5H,6-12,16H2,1H3,(H,17,18). The molecule has 1 aromatic rings. The Morgan fingerprint density at radius 2 is 1.67 bits per heavy atom. The van der Waals surface area contributed by atoms with Gasteiger partial charge in [-0.15, -0.1) is 0 Å². The van der Waals surface area contributed by atoms with E-state index in [1.54, 1.807) is 7.11 Å². The van der Waals surface area contributed by atoms with Crippen molar-refractivity contribution in [1.82, 2.24) is 0 Å². The van der Waals surface area contributed by atoms with Gasteiger partial charge in [-0.2, -0.15) is 0 Å². The van der Waals surface area contributed by atoms with Gasteiger partial charge in [-0.1, -0.05) is 12.1 Å². The molecule has 0 saturated carbocycles. The maximum Gasteiger partial charge on any atom is 0.226 e. The van der Waals surface area contributed by atoms with Gasteiger partial charge in [0, 0.05) is 19.3 Å². The average Bonchev–Trinajstić information content (AvgIpc) is 2.50. The lowest BCUT2D eigenvalue weighted by Gasteiger charge is -2.07. The topological polar surface area (TPSA) is 82.8 Å². The van der Waals surface area contributed by atoms with Crippen molar-refractivity contribution in [3.63, 3.8) is 0 Å². The smallest absolute Gasteiger partial charge is 0.226 e. The third kappa shape index (κ3) is 8.41. The molecule has 1 rings (SSSR count). The van der Waals surface area contributed by atoms with Crippen LogP contribution in [0.3, 0.4) is 0 Å². The highest BCUT2D eigenvalue weighted by Gasteiger charge is 2.02. The summed E-state index contributed by atoms with van der Waals surface area (Å²) >= 11 is 0. The van der Waals surface area contributed by atoms with Gasteiger partial charge in [-0.3, -0.25) is 4.79 Å². The number of amides is 1. The molecule has 0 aliphatic rings. The SMILES string of the molecule is COCCOCCOCCC(=O)Nc1ccc(CN)cc1. The van der Waals surface area contributed by atoms with Crippen LogP contribution in [0.2, 0.25) is 0 Å². The Balaban J connectivity index is 2.05. The van der Waals surface area contributed by atoms with Crippen molar-refractivity contribution in [2.24, 2.45) is 5.73 Å². The summed E-state index contributed by atoms with van der Waals surface area (Å²) in [5, 5.41) is 2.80. The highest BCUT2D eigenvalue weighted by atomic mass is 16.5. The number of carbonyl (C=O) groups is 1. The summed E-state index contributed by atoms with van der Waals surface area (Å²) in [7, 11) is 1.63. The van der Waals surface area contributed by atoms with Crippen LogP contribution in [0.5, 0.6) is 0 Å². The fourth-order valence-corrected chi connectivity index (χ4v) is 1.58. The van der Waals surface area contributed by atoms with E-state index in [1.807, 2.05) is 24.3 Å². The molecule has 0 aromatic heterocycles. The van der Waals surface area contributed by atoms with E-state index < -0.39 is 0 Å². The first-order valence-electron chi connectivity index (χ1n) is 6.99. The van der Waals surface area contributed by atoms with Crippen molar-refractivity contribution in [3.8, 4) is 0 Å². The number of rotatable bonds is 11. The summed E-state index contributed by atoms with van der Waals surface area (Å²) < 4.78 is 15.4. The monoisotopic (exact) mass is 296 g/mol. The van der Waals surface area contributed by atoms with Crippen molar-refractivity contribution in [2.75, 3.05) is 45.5 Å². The molecule has 1 amide bonds. The summed E-state index contributed by atoms with van der Waals surface area (Å²) in [5.74, 6) is -0.0733. The third-order valence-electron chi connectivity index (χ3n) is 2.75. The minimum absolute atomic E-state index is 0.0733. The molecule has 3 N–H and O–H groups in total. The second kappa shape index (κ2) is 11.2. The van der Waals surface area contributed by atoms with Crippen molar-refractivity contribution in [1.29, 1.82) is 0 Å². The Hall–Kier alpha value is -1.47. The zero-order chi connectivity index (χ0) is 15.3. The number of carbonyl (C=O) groups excluding carboxylic acids is 1. The fraction of sp³-hybridized carbons (Fsp3) is 0.533. The predicted octanol–water partition coefficient (Wildman–Crippen LogP) is 1.15. The summed E-state index contributed by atoms with van der Waals surface area (Å²) in [6.07, 6.45) is 0.316. The van der Waals surface area contributed by atoms with Gasteiger partial charge in [0.2, 0.25) is 5.91 Å². The number of anilines is 1. The zero-order valence-corrected chi connectivity index (χ0v) is 12.5. The van der Waals surface area contributed by atoms with E-state index in [-0.39, 0.29) is 5.91 Å². The van der Waals surface area contributed by atoms with E-state index >= 15 is 0 Å². The molecule has 1 aromatic carbocycles. The number of hydrogen-bond donors (Lipinski definition) is 2. The van der Waals surface area contributed by atoms with Crippen LogP contribution in [0.4, 0.5) is 5.69 Å². The molecule has 0 atom stereocenters. The van der Waals surface area contributed by atoms with Gasteiger partial charge in [-0.25, -0.2) is 0 Å². The molecular formula is C15H24N2O4. The molecule has 118 valence electrons. The van der Waals surface area contributed by atoms with Crippen molar-refractivity contribution in [2.45, 2.75) is 13.0 Å². The summed E-state index contributed by atoms with van der Waals surface area (Å²) in [4.78, 5) is 11.7. The zero-order valence-electron chi connectivity index (χ0n) is 12.5. The lowest BCUT2D eigenvalue weighted by molar-refractivity contribution is -0.117. The number of benzene rings is 1. The molecule has 0 aliphatic heterocycles. The lowest BCUT2D eigenvalue weighted by Crippen LogP contribution is -2.15. The van der Waals surface area contributed by atoms with Crippen LogP contribution in [-0.2, 0) is 25.5 Å². The van der Waals surface area contributed by atoms with Crippen molar-refractivity contribution >= 4 is 11.6 Å². The van der Waals surface area contributed by atoms with Crippen LogP contribution in [0.1, 0.15) is 12.0 Å². The molecule has 6 nitrogen and oxygen atoms in total. The molecule has 0 unspecified atom stereocenters. The van der Waals surface area contributed by atoms with Gasteiger partial charge >= 0.3 is 0 Å². The van der Waals surface area contributed by atoms with Gasteiger partial charge in [0.1, 0.15) is 0 Å². The molecule has 0 radical (unpaired) electrons. The highest BCUT2D eigenvalue weighted by molar-refractivity contribution is 5.90. The number of methoxy groups -OCH3 is 1. The maximum atomic E-state index is 11.7. The fourth-order valence-electron chi connectivity index (χ4n) is 1.58. The Morgan fingerprint density at radius 1 is 1.05 bits per heavy atom. The Labute approximate surface area is 125 Å². The van der Waals surface area contributed by atoms with E-state index in [2.05, 4.69) is 5.32 Å². The first-order valence-corrected chi connectivity index (χ1v) is 6.99. The molecule has 0 fully saturated rings. The van der Waals surface area contributed by atoms with Crippen LogP contribution in [0, 0.1) is 0 Å². The van der Waals surface area contributed by atoms with Crippen molar-refractivity contribution < 1.29 is 19.0 Å². The number of ether oxygens (including phenoxy) is 3. The molecule has 0 bridgehead atoms. The second-order valence-electron chi connectivity index (χ2n) is 4.42. The van der Waals surface area contributed by atoms with E-state index in [1.165, 1.54) is 0 Å². The quantitative estimate of drug-likeness (QED) is 0.599. The van der Waals surface area contributed by atoms with Crippen molar-refractivity contribution in [3.05, 3.63) is 29.8 Å². The van der Waals surface area contributed by atoms with E-state index in [4.69, 9.17) is 19.9 Å². The van der Waals surface area contributed by atoms with Gasteiger partial charge in [-0.05, 0) is 17.7 Å². The molecule has 0 heterocycles.